The quantitative estimate of drug-likeness (QED) is 0.458. The van der Waals surface area contributed by atoms with Crippen LogP contribution in [0.15, 0.2) is 36.0 Å². The van der Waals surface area contributed by atoms with Crippen LogP contribution in [0.1, 0.15) is 21.9 Å². The topological polar surface area (TPSA) is 112 Å². The predicted molar refractivity (Wildman–Crippen MR) is 133 cm³/mol. The van der Waals surface area contributed by atoms with Crippen LogP contribution in [0.25, 0.3) is 0 Å². The van der Waals surface area contributed by atoms with Gasteiger partial charge in [0.2, 0.25) is 5.95 Å². The molecule has 1 saturated heterocycles. The zero-order valence-electron chi connectivity index (χ0n) is 19.6. The van der Waals surface area contributed by atoms with Crippen molar-refractivity contribution in [2.45, 2.75) is 12.5 Å². The molecule has 1 aliphatic rings. The Morgan fingerprint density at radius 1 is 1.33 bits per heavy atom. The highest BCUT2D eigenvalue weighted by atomic mass is 32.1. The number of likely N-dealkylation sites (N-methyl/N-ethyl adjacent to an activating group) is 1. The summed E-state index contributed by atoms with van der Waals surface area (Å²) in [5.41, 5.74) is 1.17. The Kier molecular flexibility index (Phi) is 7.42. The third kappa shape index (κ3) is 4.98. The summed E-state index contributed by atoms with van der Waals surface area (Å²) in [6, 6.07) is 4.23. The van der Waals surface area contributed by atoms with E-state index in [1.165, 1.54) is 16.9 Å². The second-order valence-electron chi connectivity index (χ2n) is 7.89. The van der Waals surface area contributed by atoms with E-state index in [0.29, 0.717) is 28.7 Å². The van der Waals surface area contributed by atoms with Gasteiger partial charge in [-0.05, 0) is 18.4 Å². The van der Waals surface area contributed by atoms with E-state index < -0.39 is 23.7 Å². The predicted octanol–water partition coefficient (Wildman–Crippen LogP) is 1.94. The third-order valence-corrected chi connectivity index (χ3v) is 6.44. The van der Waals surface area contributed by atoms with Crippen LogP contribution >= 0.6 is 11.3 Å². The molecule has 0 spiro atoms. The van der Waals surface area contributed by atoms with E-state index in [0.717, 1.165) is 23.7 Å². The fraction of sp³-hybridized carbons (Fsp3) is 0.292. The molecule has 10 nitrogen and oxygen atoms in total. The molecule has 1 atom stereocenters. The fourth-order valence-corrected chi connectivity index (χ4v) is 4.47. The SMILES string of the molecule is C#Cc1nc(C(=O)N(c2cc(OC)cc(N(C)CCO)c2)C2CCN(c3ncc(F)cn3)C2=O)cs1. The molecule has 2 amide bonds. The number of thiazole rings is 1. The van der Waals surface area contributed by atoms with E-state index in [1.54, 1.807) is 35.5 Å². The molecule has 12 heteroatoms. The van der Waals surface area contributed by atoms with Crippen molar-refractivity contribution >= 4 is 40.5 Å². The molecule has 2 aromatic heterocycles. The van der Waals surface area contributed by atoms with E-state index in [9.17, 15) is 19.1 Å². The maximum Gasteiger partial charge on any atom is 0.278 e. The Morgan fingerprint density at radius 2 is 2.06 bits per heavy atom. The lowest BCUT2D eigenvalue weighted by Gasteiger charge is -2.29. The summed E-state index contributed by atoms with van der Waals surface area (Å²) in [5, 5.41) is 11.3. The summed E-state index contributed by atoms with van der Waals surface area (Å²) >= 11 is 1.15. The summed E-state index contributed by atoms with van der Waals surface area (Å²) in [7, 11) is 3.28. The number of hydrogen-bond acceptors (Lipinski definition) is 9. The molecule has 3 aromatic rings. The molecule has 1 fully saturated rings. The normalized spacial score (nSPS) is 15.0. The Labute approximate surface area is 211 Å². The van der Waals surface area contributed by atoms with Crippen molar-refractivity contribution in [1.82, 2.24) is 15.0 Å². The van der Waals surface area contributed by atoms with Gasteiger partial charge < -0.3 is 14.7 Å². The minimum atomic E-state index is -0.912. The van der Waals surface area contributed by atoms with Gasteiger partial charge in [0, 0.05) is 43.3 Å². The number of halogens is 1. The molecule has 1 unspecified atom stereocenters. The van der Waals surface area contributed by atoms with E-state index in [-0.39, 0.29) is 31.2 Å². The molecule has 0 aliphatic carbocycles. The van der Waals surface area contributed by atoms with Crippen LogP contribution < -0.4 is 19.4 Å². The maximum atomic E-state index is 13.8. The van der Waals surface area contributed by atoms with E-state index in [4.69, 9.17) is 11.2 Å². The van der Waals surface area contributed by atoms with Crippen LogP contribution in [-0.2, 0) is 4.79 Å². The van der Waals surface area contributed by atoms with Crippen LogP contribution in [0.2, 0.25) is 0 Å². The summed E-state index contributed by atoms with van der Waals surface area (Å²) in [6.07, 6.45) is 7.67. The molecule has 0 bridgehead atoms. The van der Waals surface area contributed by atoms with Crippen molar-refractivity contribution in [3.63, 3.8) is 0 Å². The lowest BCUT2D eigenvalue weighted by Crippen LogP contribution is -2.46. The second kappa shape index (κ2) is 10.7. The minimum absolute atomic E-state index is 0.0496. The number of rotatable bonds is 8. The zero-order chi connectivity index (χ0) is 25.8. The Hall–Kier alpha value is -4.08. The number of aromatic nitrogens is 3. The number of terminal acetylenes is 1. The summed E-state index contributed by atoms with van der Waals surface area (Å²) in [5.74, 6) is 1.36. The molecule has 3 heterocycles. The highest BCUT2D eigenvalue weighted by Crippen LogP contribution is 2.34. The van der Waals surface area contributed by atoms with Gasteiger partial charge in [-0.1, -0.05) is 0 Å². The molecular formula is C24H23FN6O4S. The van der Waals surface area contributed by atoms with Crippen LogP contribution in [0.5, 0.6) is 5.75 Å². The molecule has 1 aliphatic heterocycles. The first-order valence-corrected chi connectivity index (χ1v) is 11.8. The van der Waals surface area contributed by atoms with Crippen LogP contribution in [0, 0.1) is 18.2 Å². The number of aliphatic hydroxyl groups excluding tert-OH is 1. The number of benzene rings is 1. The van der Waals surface area contributed by atoms with Crippen LogP contribution in [-0.4, -0.2) is 71.8 Å². The van der Waals surface area contributed by atoms with Crippen molar-refractivity contribution in [3.05, 3.63) is 52.5 Å². The van der Waals surface area contributed by atoms with Crippen molar-refractivity contribution in [2.75, 3.05) is 48.6 Å². The molecule has 0 saturated carbocycles. The first-order valence-electron chi connectivity index (χ1n) is 10.9. The van der Waals surface area contributed by atoms with Crippen molar-refractivity contribution < 1.29 is 23.8 Å². The van der Waals surface area contributed by atoms with Crippen molar-refractivity contribution in [1.29, 1.82) is 0 Å². The number of ether oxygens (including phenoxy) is 1. The number of hydrogen-bond donors (Lipinski definition) is 1. The monoisotopic (exact) mass is 510 g/mol. The Bertz CT molecular complexity index is 1310. The maximum absolute atomic E-state index is 13.8. The average molecular weight is 511 g/mol. The molecule has 36 heavy (non-hydrogen) atoms. The van der Waals surface area contributed by atoms with Gasteiger partial charge in [0.15, 0.2) is 10.8 Å². The van der Waals surface area contributed by atoms with Crippen LogP contribution in [0.4, 0.5) is 21.7 Å². The third-order valence-electron chi connectivity index (χ3n) is 5.67. The van der Waals surface area contributed by atoms with Crippen molar-refractivity contribution in [2.24, 2.45) is 0 Å². The van der Waals surface area contributed by atoms with Gasteiger partial charge in [0.25, 0.3) is 11.8 Å². The Morgan fingerprint density at radius 3 is 2.69 bits per heavy atom. The number of methoxy groups -OCH3 is 1. The number of carbonyl (C=O) groups excluding carboxylic acids is 2. The first-order chi connectivity index (χ1) is 17.4. The van der Waals surface area contributed by atoms with Gasteiger partial charge in [0.1, 0.15) is 17.5 Å². The molecule has 4 rings (SSSR count). The molecule has 1 N–H and O–H groups in total. The number of anilines is 3. The van der Waals surface area contributed by atoms with Crippen molar-refractivity contribution in [3.8, 4) is 18.1 Å². The lowest BCUT2D eigenvalue weighted by atomic mass is 10.1. The van der Waals surface area contributed by atoms with E-state index in [1.807, 2.05) is 0 Å². The summed E-state index contributed by atoms with van der Waals surface area (Å²) in [4.78, 5) is 43.8. The minimum Gasteiger partial charge on any atom is -0.497 e. The van der Waals surface area contributed by atoms with Gasteiger partial charge in [0.05, 0.1) is 31.8 Å². The lowest BCUT2D eigenvalue weighted by molar-refractivity contribution is -0.118. The van der Waals surface area contributed by atoms with Gasteiger partial charge in [-0.3, -0.25) is 19.4 Å². The molecule has 186 valence electrons. The van der Waals surface area contributed by atoms with Gasteiger partial charge >= 0.3 is 0 Å². The summed E-state index contributed by atoms with van der Waals surface area (Å²) in [6.45, 7) is 0.496. The van der Waals surface area contributed by atoms with Gasteiger partial charge in [-0.2, -0.15) is 0 Å². The highest BCUT2D eigenvalue weighted by molar-refractivity contribution is 7.10. The standard InChI is InChI=1S/C24H23FN6O4S/c1-4-21-28-19(14-36-21)22(33)31(17-9-16(29(2)7-8-32)10-18(11-17)35-3)20-5-6-30(23(20)34)24-26-12-15(25)13-27-24/h1,9-14,20,32H,5-8H2,2-3H3. The smallest absolute Gasteiger partial charge is 0.278 e. The first kappa shape index (κ1) is 25.0. The van der Waals surface area contributed by atoms with E-state index in [2.05, 4.69) is 20.9 Å². The number of aliphatic hydroxyl groups is 1. The van der Waals surface area contributed by atoms with Gasteiger partial charge in [-0.15, -0.1) is 17.8 Å². The highest BCUT2D eigenvalue weighted by Gasteiger charge is 2.41. The number of amides is 2. The van der Waals surface area contributed by atoms with E-state index >= 15 is 0 Å². The fourth-order valence-electron chi connectivity index (χ4n) is 3.87. The molecule has 0 radical (unpaired) electrons. The largest absolute Gasteiger partial charge is 0.497 e. The number of nitrogens with zero attached hydrogens (tertiary/aromatic N) is 6. The summed E-state index contributed by atoms with van der Waals surface area (Å²) < 4.78 is 18.8. The second-order valence-corrected chi connectivity index (χ2v) is 8.75. The number of carbonyl (C=O) groups is 2. The van der Waals surface area contributed by atoms with Crippen LogP contribution in [0.3, 0.4) is 0 Å². The Balaban J connectivity index is 1.78. The zero-order valence-corrected chi connectivity index (χ0v) is 20.4. The molecule has 1 aromatic carbocycles. The average Bonchev–Trinajstić information content (AvgIpc) is 3.52. The van der Waals surface area contributed by atoms with Gasteiger partial charge in [-0.25, -0.2) is 19.3 Å². The molecular weight excluding hydrogens is 487 g/mol.